The van der Waals surface area contributed by atoms with Crippen molar-refractivity contribution in [3.05, 3.63) is 24.3 Å². The van der Waals surface area contributed by atoms with E-state index in [1.807, 2.05) is 30.0 Å². The number of ether oxygens (including phenoxy) is 2. The molecule has 21 heavy (non-hydrogen) atoms. The molecular formula is C16H24N2O3. The highest BCUT2D eigenvalue weighted by Crippen LogP contribution is 2.20. The molecule has 2 N–H and O–H groups in total. The zero-order valence-corrected chi connectivity index (χ0v) is 12.6. The number of carbonyl (C=O) groups is 1. The third-order valence-corrected chi connectivity index (χ3v) is 3.73. The van der Waals surface area contributed by atoms with Crippen molar-refractivity contribution >= 4 is 11.6 Å². The normalized spacial score (nSPS) is 17.7. The van der Waals surface area contributed by atoms with Crippen molar-refractivity contribution in [2.45, 2.75) is 19.8 Å². The second-order valence-electron chi connectivity index (χ2n) is 5.30. The number of nitrogens with zero attached hydrogens (tertiary/aromatic N) is 1. The summed E-state index contributed by atoms with van der Waals surface area (Å²) in [4.78, 5) is 14.1. The van der Waals surface area contributed by atoms with Gasteiger partial charge in [0, 0.05) is 25.6 Å². The van der Waals surface area contributed by atoms with Crippen LogP contribution >= 0.6 is 0 Å². The van der Waals surface area contributed by atoms with Crippen LogP contribution in [0.25, 0.3) is 0 Å². The van der Waals surface area contributed by atoms with Gasteiger partial charge in [0.2, 0.25) is 5.91 Å². The molecule has 0 bridgehead atoms. The first kappa shape index (κ1) is 15.6. The van der Waals surface area contributed by atoms with Gasteiger partial charge in [-0.15, -0.1) is 0 Å². The molecule has 0 aliphatic carbocycles. The standard InChI is InChI=1S/C16H24N2O3/c1-2-18(11-13-7-9-20-12-13)16(19)8-10-21-15-6-4-3-5-14(15)17/h3-6,13H,2,7-12,17H2,1H3. The molecule has 1 fully saturated rings. The minimum atomic E-state index is 0.124. The maximum atomic E-state index is 12.2. The Kier molecular flexibility index (Phi) is 5.87. The van der Waals surface area contributed by atoms with E-state index in [-0.39, 0.29) is 5.91 Å². The van der Waals surface area contributed by atoms with E-state index >= 15 is 0 Å². The summed E-state index contributed by atoms with van der Waals surface area (Å²) in [7, 11) is 0. The third-order valence-electron chi connectivity index (χ3n) is 3.73. The maximum Gasteiger partial charge on any atom is 0.225 e. The summed E-state index contributed by atoms with van der Waals surface area (Å²) in [6.45, 7) is 5.44. The van der Waals surface area contributed by atoms with E-state index in [9.17, 15) is 4.79 Å². The van der Waals surface area contributed by atoms with Crippen LogP contribution in [0.4, 0.5) is 5.69 Å². The average Bonchev–Trinajstić information content (AvgIpc) is 2.99. The number of carbonyl (C=O) groups excluding carboxylic acids is 1. The van der Waals surface area contributed by atoms with Gasteiger partial charge in [-0.2, -0.15) is 0 Å². The van der Waals surface area contributed by atoms with E-state index < -0.39 is 0 Å². The molecule has 0 saturated carbocycles. The topological polar surface area (TPSA) is 64.8 Å². The van der Waals surface area contributed by atoms with E-state index in [2.05, 4.69) is 0 Å². The molecule has 116 valence electrons. The number of hydrogen-bond acceptors (Lipinski definition) is 4. The Labute approximate surface area is 126 Å². The number of nitrogen functional groups attached to an aromatic ring is 1. The molecule has 5 heteroatoms. The highest BCUT2D eigenvalue weighted by molar-refractivity contribution is 5.76. The number of hydrogen-bond donors (Lipinski definition) is 1. The van der Waals surface area contributed by atoms with E-state index in [0.29, 0.717) is 30.4 Å². The molecule has 1 heterocycles. The van der Waals surface area contributed by atoms with Crippen molar-refractivity contribution in [1.82, 2.24) is 4.90 Å². The Hall–Kier alpha value is -1.75. The number of benzene rings is 1. The number of amides is 1. The van der Waals surface area contributed by atoms with Crippen LogP contribution in [0.3, 0.4) is 0 Å². The van der Waals surface area contributed by atoms with Crippen molar-refractivity contribution in [2.75, 3.05) is 38.6 Å². The number of nitrogens with two attached hydrogens (primary N) is 1. The van der Waals surface area contributed by atoms with E-state index in [4.69, 9.17) is 15.2 Å². The van der Waals surface area contributed by atoms with Crippen LogP contribution < -0.4 is 10.5 Å². The van der Waals surface area contributed by atoms with Gasteiger partial charge in [0.25, 0.3) is 0 Å². The molecular weight excluding hydrogens is 268 g/mol. The summed E-state index contributed by atoms with van der Waals surface area (Å²) in [6.07, 6.45) is 1.41. The molecule has 1 aliphatic heterocycles. The number of rotatable bonds is 7. The lowest BCUT2D eigenvalue weighted by molar-refractivity contribution is -0.132. The molecule has 1 aromatic carbocycles. The minimum absolute atomic E-state index is 0.124. The molecule has 1 saturated heterocycles. The summed E-state index contributed by atoms with van der Waals surface area (Å²) >= 11 is 0. The SMILES string of the molecule is CCN(CC1CCOC1)C(=O)CCOc1ccccc1N. The Balaban J connectivity index is 1.75. The largest absolute Gasteiger partial charge is 0.491 e. The van der Waals surface area contributed by atoms with Crippen LogP contribution in [-0.2, 0) is 9.53 Å². The first-order valence-corrected chi connectivity index (χ1v) is 7.53. The quantitative estimate of drug-likeness (QED) is 0.780. The second kappa shape index (κ2) is 7.88. The Morgan fingerprint density at radius 3 is 2.95 bits per heavy atom. The monoisotopic (exact) mass is 292 g/mol. The first-order chi connectivity index (χ1) is 10.2. The summed E-state index contributed by atoms with van der Waals surface area (Å²) in [5, 5.41) is 0. The van der Waals surface area contributed by atoms with E-state index in [1.165, 1.54) is 0 Å². The minimum Gasteiger partial charge on any atom is -0.491 e. The van der Waals surface area contributed by atoms with Crippen LogP contribution in [0.2, 0.25) is 0 Å². The van der Waals surface area contributed by atoms with E-state index in [0.717, 1.165) is 32.7 Å². The van der Waals surface area contributed by atoms with Gasteiger partial charge in [-0.05, 0) is 25.5 Å². The predicted molar refractivity (Wildman–Crippen MR) is 82.1 cm³/mol. The molecule has 0 spiro atoms. The first-order valence-electron chi connectivity index (χ1n) is 7.53. The lowest BCUT2D eigenvalue weighted by atomic mass is 10.1. The van der Waals surface area contributed by atoms with Gasteiger partial charge in [0.05, 0.1) is 25.3 Å². The Morgan fingerprint density at radius 2 is 2.29 bits per heavy atom. The summed E-state index contributed by atoms with van der Waals surface area (Å²) in [6, 6.07) is 7.32. The van der Waals surface area contributed by atoms with Crippen molar-refractivity contribution in [3.8, 4) is 5.75 Å². The summed E-state index contributed by atoms with van der Waals surface area (Å²) in [5.74, 6) is 1.23. The van der Waals surface area contributed by atoms with E-state index in [1.54, 1.807) is 6.07 Å². The maximum absolute atomic E-state index is 12.2. The molecule has 1 atom stereocenters. The second-order valence-corrected chi connectivity index (χ2v) is 5.30. The van der Waals surface area contributed by atoms with Crippen LogP contribution in [0.1, 0.15) is 19.8 Å². The number of anilines is 1. The van der Waals surface area contributed by atoms with Crippen molar-refractivity contribution in [1.29, 1.82) is 0 Å². The molecule has 5 nitrogen and oxygen atoms in total. The predicted octanol–water partition coefficient (Wildman–Crippen LogP) is 1.92. The fraction of sp³-hybridized carbons (Fsp3) is 0.562. The average molecular weight is 292 g/mol. The fourth-order valence-corrected chi connectivity index (χ4v) is 2.46. The lowest BCUT2D eigenvalue weighted by Gasteiger charge is -2.23. The lowest BCUT2D eigenvalue weighted by Crippen LogP contribution is -2.36. The van der Waals surface area contributed by atoms with Gasteiger partial charge >= 0.3 is 0 Å². The zero-order valence-electron chi connectivity index (χ0n) is 12.6. The summed E-state index contributed by atoms with van der Waals surface area (Å²) < 4.78 is 10.9. The van der Waals surface area contributed by atoms with Gasteiger partial charge in [-0.1, -0.05) is 12.1 Å². The van der Waals surface area contributed by atoms with Gasteiger partial charge in [0.15, 0.2) is 0 Å². The Bertz CT molecular complexity index is 459. The van der Waals surface area contributed by atoms with Crippen LogP contribution in [0, 0.1) is 5.92 Å². The molecule has 1 amide bonds. The summed E-state index contributed by atoms with van der Waals surface area (Å²) in [5.41, 5.74) is 6.40. The number of para-hydroxylation sites is 2. The van der Waals surface area contributed by atoms with Gasteiger partial charge < -0.3 is 20.1 Å². The molecule has 0 aromatic heterocycles. The van der Waals surface area contributed by atoms with Crippen LogP contribution in [0.5, 0.6) is 5.75 Å². The molecule has 1 aliphatic rings. The van der Waals surface area contributed by atoms with Gasteiger partial charge in [0.1, 0.15) is 5.75 Å². The van der Waals surface area contributed by atoms with Gasteiger partial charge in [-0.25, -0.2) is 0 Å². The van der Waals surface area contributed by atoms with Crippen molar-refractivity contribution in [2.24, 2.45) is 5.92 Å². The van der Waals surface area contributed by atoms with Crippen molar-refractivity contribution < 1.29 is 14.3 Å². The van der Waals surface area contributed by atoms with Crippen LogP contribution in [-0.4, -0.2) is 43.7 Å². The smallest absolute Gasteiger partial charge is 0.225 e. The molecule has 2 rings (SSSR count). The van der Waals surface area contributed by atoms with Crippen molar-refractivity contribution in [3.63, 3.8) is 0 Å². The Morgan fingerprint density at radius 1 is 1.48 bits per heavy atom. The zero-order chi connectivity index (χ0) is 15.1. The highest BCUT2D eigenvalue weighted by Gasteiger charge is 2.21. The van der Waals surface area contributed by atoms with Crippen LogP contribution in [0.15, 0.2) is 24.3 Å². The molecule has 1 aromatic rings. The van der Waals surface area contributed by atoms with Gasteiger partial charge in [-0.3, -0.25) is 4.79 Å². The highest BCUT2D eigenvalue weighted by atomic mass is 16.5. The third kappa shape index (κ3) is 4.63. The molecule has 1 unspecified atom stereocenters. The fourth-order valence-electron chi connectivity index (χ4n) is 2.46. The molecule has 0 radical (unpaired) electrons.